The Balaban J connectivity index is 2.21. The summed E-state index contributed by atoms with van der Waals surface area (Å²) in [7, 11) is 0. The number of nitrogens with two attached hydrogens (primary N) is 1. The zero-order valence-electron chi connectivity index (χ0n) is 10.6. The number of rotatable bonds is 5. The fourth-order valence-corrected chi connectivity index (χ4v) is 1.90. The molecule has 0 aliphatic heterocycles. The molecule has 2 rings (SSSR count). The van der Waals surface area contributed by atoms with Crippen molar-refractivity contribution in [2.75, 3.05) is 6.54 Å². The molecule has 0 amide bonds. The van der Waals surface area contributed by atoms with E-state index in [-0.39, 0.29) is 6.54 Å². The predicted octanol–water partition coefficient (Wildman–Crippen LogP) is 2.53. The Morgan fingerprint density at radius 1 is 1.00 bits per heavy atom. The Hall–Kier alpha value is -2.31. The summed E-state index contributed by atoms with van der Waals surface area (Å²) in [4.78, 5) is 0. The van der Waals surface area contributed by atoms with Gasteiger partial charge in [0.2, 0.25) is 5.60 Å². The maximum Gasteiger partial charge on any atom is 0.210 e. The second-order valence-corrected chi connectivity index (χ2v) is 4.39. The monoisotopic (exact) mass is 252 g/mol. The molecule has 2 N–H and O–H groups in total. The lowest BCUT2D eigenvalue weighted by atomic mass is 9.95. The summed E-state index contributed by atoms with van der Waals surface area (Å²) in [5, 5.41) is 9.44. The van der Waals surface area contributed by atoms with Gasteiger partial charge in [0.25, 0.3) is 0 Å². The minimum absolute atomic E-state index is 0.146. The van der Waals surface area contributed by atoms with E-state index in [0.717, 1.165) is 5.56 Å². The highest BCUT2D eigenvalue weighted by Gasteiger charge is 2.31. The molecule has 0 aliphatic rings. The molecule has 1 unspecified atom stereocenters. The van der Waals surface area contributed by atoms with Crippen LogP contribution in [-0.4, -0.2) is 12.1 Å². The van der Waals surface area contributed by atoms with Crippen molar-refractivity contribution in [3.8, 4) is 11.8 Å². The van der Waals surface area contributed by atoms with Gasteiger partial charge in [-0.1, -0.05) is 48.5 Å². The maximum atomic E-state index is 9.44. The minimum Gasteiger partial charge on any atom is -0.471 e. The van der Waals surface area contributed by atoms with E-state index in [1.165, 1.54) is 0 Å². The number of hydrogen-bond donors (Lipinski definition) is 1. The van der Waals surface area contributed by atoms with Crippen molar-refractivity contribution in [3.05, 3.63) is 66.2 Å². The zero-order chi connectivity index (χ0) is 13.6. The van der Waals surface area contributed by atoms with Crippen molar-refractivity contribution in [2.24, 2.45) is 5.73 Å². The van der Waals surface area contributed by atoms with Crippen molar-refractivity contribution in [3.63, 3.8) is 0 Å². The Kier molecular flexibility index (Phi) is 4.17. The van der Waals surface area contributed by atoms with Crippen LogP contribution in [0.25, 0.3) is 0 Å². The van der Waals surface area contributed by atoms with Gasteiger partial charge >= 0.3 is 0 Å². The van der Waals surface area contributed by atoms with Crippen LogP contribution in [0, 0.1) is 11.3 Å². The Morgan fingerprint density at radius 3 is 2.11 bits per heavy atom. The molecule has 0 fully saturated rings. The number of nitriles is 1. The topological polar surface area (TPSA) is 59.0 Å². The first-order chi connectivity index (χ1) is 9.28. The van der Waals surface area contributed by atoms with Gasteiger partial charge in [0.05, 0.1) is 0 Å². The van der Waals surface area contributed by atoms with Crippen molar-refractivity contribution < 1.29 is 4.74 Å². The number of para-hydroxylation sites is 1. The quantitative estimate of drug-likeness (QED) is 0.889. The average Bonchev–Trinajstić information content (AvgIpc) is 2.48. The lowest BCUT2D eigenvalue weighted by molar-refractivity contribution is 0.137. The van der Waals surface area contributed by atoms with E-state index in [1.807, 2.05) is 60.7 Å². The summed E-state index contributed by atoms with van der Waals surface area (Å²) in [6.07, 6.45) is 0.468. The smallest absolute Gasteiger partial charge is 0.210 e. The van der Waals surface area contributed by atoms with Crippen molar-refractivity contribution in [1.82, 2.24) is 0 Å². The molecule has 1 atom stereocenters. The summed E-state index contributed by atoms with van der Waals surface area (Å²) in [6.45, 7) is 0.146. The highest BCUT2D eigenvalue weighted by Crippen LogP contribution is 2.21. The first-order valence-electron chi connectivity index (χ1n) is 6.17. The van der Waals surface area contributed by atoms with Gasteiger partial charge in [-0.05, 0) is 17.7 Å². The Labute approximate surface area is 113 Å². The summed E-state index contributed by atoms with van der Waals surface area (Å²) in [5.74, 6) is 0.658. The highest BCUT2D eigenvalue weighted by molar-refractivity contribution is 5.27. The van der Waals surface area contributed by atoms with Crippen LogP contribution < -0.4 is 10.5 Å². The Morgan fingerprint density at radius 2 is 1.58 bits per heavy atom. The van der Waals surface area contributed by atoms with Crippen LogP contribution in [0.1, 0.15) is 5.56 Å². The first kappa shape index (κ1) is 13.1. The van der Waals surface area contributed by atoms with Crippen LogP contribution in [0.3, 0.4) is 0 Å². The molecule has 0 radical (unpaired) electrons. The average molecular weight is 252 g/mol. The van der Waals surface area contributed by atoms with Crippen molar-refractivity contribution in [1.29, 1.82) is 5.26 Å². The molecule has 0 aromatic heterocycles. The van der Waals surface area contributed by atoms with E-state index >= 15 is 0 Å². The largest absolute Gasteiger partial charge is 0.471 e. The van der Waals surface area contributed by atoms with Gasteiger partial charge in [0, 0.05) is 13.0 Å². The van der Waals surface area contributed by atoms with Gasteiger partial charge in [-0.3, -0.25) is 0 Å². The van der Waals surface area contributed by atoms with E-state index in [2.05, 4.69) is 6.07 Å². The summed E-state index contributed by atoms with van der Waals surface area (Å²) >= 11 is 0. The van der Waals surface area contributed by atoms with E-state index < -0.39 is 5.60 Å². The summed E-state index contributed by atoms with van der Waals surface area (Å²) < 4.78 is 5.82. The zero-order valence-corrected chi connectivity index (χ0v) is 10.6. The second kappa shape index (κ2) is 6.03. The Bertz CT molecular complexity index is 504. The normalized spacial score (nSPS) is 13.3. The second-order valence-electron chi connectivity index (χ2n) is 4.39. The van der Waals surface area contributed by atoms with Crippen LogP contribution in [0.15, 0.2) is 60.7 Å². The van der Waals surface area contributed by atoms with Crippen LogP contribution in [-0.2, 0) is 6.42 Å². The van der Waals surface area contributed by atoms with Crippen molar-refractivity contribution >= 4 is 0 Å². The third-order valence-electron chi connectivity index (χ3n) is 2.92. The number of benzene rings is 2. The molecule has 0 heterocycles. The molecule has 2 aromatic carbocycles. The SMILES string of the molecule is N#CC(CN)(Cc1ccccc1)Oc1ccccc1. The first-order valence-corrected chi connectivity index (χ1v) is 6.17. The van der Waals surface area contributed by atoms with Crippen LogP contribution >= 0.6 is 0 Å². The molecule has 3 heteroatoms. The molecule has 96 valence electrons. The molecule has 0 spiro atoms. The number of ether oxygens (including phenoxy) is 1. The fourth-order valence-electron chi connectivity index (χ4n) is 1.90. The fraction of sp³-hybridized carbons (Fsp3) is 0.188. The third-order valence-corrected chi connectivity index (χ3v) is 2.92. The van der Waals surface area contributed by atoms with Gasteiger partial charge in [0.1, 0.15) is 11.8 Å². The molecule has 2 aromatic rings. The lowest BCUT2D eigenvalue weighted by Gasteiger charge is -2.26. The molecule has 0 bridgehead atoms. The van der Waals surface area contributed by atoms with Gasteiger partial charge < -0.3 is 10.5 Å². The van der Waals surface area contributed by atoms with Crippen LogP contribution in [0.2, 0.25) is 0 Å². The summed E-state index contributed by atoms with van der Waals surface area (Å²) in [6, 6.07) is 21.3. The standard InChI is InChI=1S/C16H16N2O/c17-12-16(13-18,11-14-7-3-1-4-8-14)19-15-9-5-2-6-10-15/h1-10H,11-12,17H2. The molecular formula is C16H16N2O. The lowest BCUT2D eigenvalue weighted by Crippen LogP contribution is -2.44. The van der Waals surface area contributed by atoms with Gasteiger partial charge in [-0.25, -0.2) is 0 Å². The van der Waals surface area contributed by atoms with Gasteiger partial charge in [0.15, 0.2) is 0 Å². The maximum absolute atomic E-state index is 9.44. The molecule has 0 saturated heterocycles. The van der Waals surface area contributed by atoms with Crippen LogP contribution in [0.4, 0.5) is 0 Å². The van der Waals surface area contributed by atoms with Gasteiger partial charge in [-0.15, -0.1) is 0 Å². The van der Waals surface area contributed by atoms with E-state index in [1.54, 1.807) is 0 Å². The van der Waals surface area contributed by atoms with Crippen molar-refractivity contribution in [2.45, 2.75) is 12.0 Å². The molecule has 19 heavy (non-hydrogen) atoms. The minimum atomic E-state index is -1.03. The highest BCUT2D eigenvalue weighted by atomic mass is 16.5. The molecular weight excluding hydrogens is 236 g/mol. The summed E-state index contributed by atoms with van der Waals surface area (Å²) in [5.41, 5.74) is 5.77. The van der Waals surface area contributed by atoms with Crippen LogP contribution in [0.5, 0.6) is 5.75 Å². The molecule has 0 aliphatic carbocycles. The molecule has 0 saturated carbocycles. The molecule has 3 nitrogen and oxygen atoms in total. The number of hydrogen-bond acceptors (Lipinski definition) is 3. The predicted molar refractivity (Wildman–Crippen MR) is 74.6 cm³/mol. The van der Waals surface area contributed by atoms with E-state index in [0.29, 0.717) is 12.2 Å². The van der Waals surface area contributed by atoms with Gasteiger partial charge in [-0.2, -0.15) is 5.26 Å². The van der Waals surface area contributed by atoms with E-state index in [4.69, 9.17) is 10.5 Å². The van der Waals surface area contributed by atoms with E-state index in [9.17, 15) is 5.26 Å². The third kappa shape index (κ3) is 3.34. The number of nitrogens with zero attached hydrogens (tertiary/aromatic N) is 1.